The number of nitrogens with two attached hydrogens (primary N) is 1. The topological polar surface area (TPSA) is 81.8 Å². The first-order chi connectivity index (χ1) is 10.1. The molecular weight excluding hydrogens is 282 g/mol. The van der Waals surface area contributed by atoms with E-state index in [2.05, 4.69) is 0 Å². The molecule has 0 heterocycles. The molecule has 0 amide bonds. The second-order valence-electron chi connectivity index (χ2n) is 6.06. The Labute approximate surface area is 132 Å². The summed E-state index contributed by atoms with van der Waals surface area (Å²) >= 11 is 0. The normalized spacial score (nSPS) is 13.9. The average Bonchev–Trinajstić information content (AvgIpc) is 2.44. The van der Waals surface area contributed by atoms with Crippen molar-refractivity contribution in [3.8, 4) is 11.5 Å². The van der Waals surface area contributed by atoms with Crippen LogP contribution in [0.2, 0.25) is 0 Å². The Bertz CT molecular complexity index is 540. The summed E-state index contributed by atoms with van der Waals surface area (Å²) < 4.78 is 11.0. The van der Waals surface area contributed by atoms with Crippen molar-refractivity contribution in [2.75, 3.05) is 6.61 Å². The molecule has 22 heavy (non-hydrogen) atoms. The molecule has 0 aromatic heterocycles. The van der Waals surface area contributed by atoms with Crippen LogP contribution in [0.15, 0.2) is 6.07 Å². The first kappa shape index (κ1) is 18.5. The number of aliphatic hydroxyl groups is 1. The molecule has 0 radical (unpaired) electrons. The minimum atomic E-state index is -0.729. The predicted molar refractivity (Wildman–Crippen MR) is 86.3 cm³/mol. The van der Waals surface area contributed by atoms with Crippen molar-refractivity contribution in [1.82, 2.24) is 0 Å². The van der Waals surface area contributed by atoms with Gasteiger partial charge in [0.15, 0.2) is 0 Å². The van der Waals surface area contributed by atoms with Gasteiger partial charge in [-0.2, -0.15) is 0 Å². The maximum Gasteiger partial charge on any atom is 0.308 e. The molecule has 0 aliphatic rings. The Morgan fingerprint density at radius 3 is 2.36 bits per heavy atom. The second kappa shape index (κ2) is 7.61. The van der Waals surface area contributed by atoms with Crippen LogP contribution < -0.4 is 15.2 Å². The van der Waals surface area contributed by atoms with Crippen molar-refractivity contribution in [3.63, 3.8) is 0 Å². The van der Waals surface area contributed by atoms with Crippen LogP contribution in [-0.2, 0) is 4.79 Å². The molecule has 0 saturated heterocycles. The van der Waals surface area contributed by atoms with E-state index in [-0.39, 0.29) is 24.5 Å². The summed E-state index contributed by atoms with van der Waals surface area (Å²) in [6.45, 7) is 11.1. The Hall–Kier alpha value is -1.59. The molecule has 1 aromatic carbocycles. The Morgan fingerprint density at radius 2 is 1.86 bits per heavy atom. The molecule has 1 aromatic rings. The molecule has 0 spiro atoms. The summed E-state index contributed by atoms with van der Waals surface area (Å²) in [5.41, 5.74) is 8.47. The van der Waals surface area contributed by atoms with Crippen LogP contribution in [0.25, 0.3) is 0 Å². The van der Waals surface area contributed by atoms with E-state index in [1.54, 1.807) is 0 Å². The SMILES string of the molecule is CC(=O)Oc1c(C)cc(OCC(O)C(N)C(C)C)c(C)c1C. The van der Waals surface area contributed by atoms with Crippen LogP contribution in [0, 0.1) is 26.7 Å². The zero-order valence-corrected chi connectivity index (χ0v) is 14.3. The molecule has 1 rings (SSSR count). The summed E-state index contributed by atoms with van der Waals surface area (Å²) in [6.07, 6.45) is -0.729. The van der Waals surface area contributed by atoms with Gasteiger partial charge in [0.1, 0.15) is 24.2 Å². The van der Waals surface area contributed by atoms with E-state index in [9.17, 15) is 9.90 Å². The first-order valence-corrected chi connectivity index (χ1v) is 7.50. The number of benzene rings is 1. The molecule has 0 bridgehead atoms. The molecular formula is C17H27NO4. The highest BCUT2D eigenvalue weighted by Crippen LogP contribution is 2.33. The molecule has 0 fully saturated rings. The van der Waals surface area contributed by atoms with Crippen LogP contribution in [-0.4, -0.2) is 29.8 Å². The minimum Gasteiger partial charge on any atom is -0.491 e. The molecule has 5 nitrogen and oxygen atoms in total. The van der Waals surface area contributed by atoms with Gasteiger partial charge in [0.05, 0.1) is 0 Å². The van der Waals surface area contributed by atoms with E-state index < -0.39 is 6.10 Å². The van der Waals surface area contributed by atoms with E-state index in [1.165, 1.54) is 6.92 Å². The molecule has 124 valence electrons. The van der Waals surface area contributed by atoms with Crippen LogP contribution in [0.5, 0.6) is 11.5 Å². The summed E-state index contributed by atoms with van der Waals surface area (Å²) in [5.74, 6) is 1.06. The zero-order valence-electron chi connectivity index (χ0n) is 14.3. The number of esters is 1. The van der Waals surface area contributed by atoms with E-state index in [0.29, 0.717) is 11.5 Å². The van der Waals surface area contributed by atoms with Gasteiger partial charge in [-0.25, -0.2) is 0 Å². The number of aryl methyl sites for hydroxylation is 1. The zero-order chi connectivity index (χ0) is 17.0. The number of hydrogen-bond acceptors (Lipinski definition) is 5. The number of ether oxygens (including phenoxy) is 2. The molecule has 0 saturated carbocycles. The van der Waals surface area contributed by atoms with Gasteiger partial charge >= 0.3 is 5.97 Å². The van der Waals surface area contributed by atoms with Crippen molar-refractivity contribution < 1.29 is 19.4 Å². The van der Waals surface area contributed by atoms with Gasteiger partial charge in [0.2, 0.25) is 0 Å². The molecule has 0 aliphatic carbocycles. The van der Waals surface area contributed by atoms with Crippen LogP contribution in [0.3, 0.4) is 0 Å². The third-order valence-electron chi connectivity index (χ3n) is 3.85. The van der Waals surface area contributed by atoms with E-state index in [1.807, 2.05) is 40.7 Å². The van der Waals surface area contributed by atoms with Gasteiger partial charge in [-0.3, -0.25) is 4.79 Å². The standard InChI is InChI=1S/C17H27NO4/c1-9(2)16(18)14(20)8-21-15-7-10(3)17(22-13(6)19)12(5)11(15)4/h7,9,14,16,20H,8,18H2,1-6H3. The van der Waals surface area contributed by atoms with E-state index >= 15 is 0 Å². The fraction of sp³-hybridized carbons (Fsp3) is 0.588. The Kier molecular flexibility index (Phi) is 6.38. The fourth-order valence-electron chi connectivity index (χ4n) is 2.20. The summed E-state index contributed by atoms with van der Waals surface area (Å²) in [7, 11) is 0. The largest absolute Gasteiger partial charge is 0.491 e. The van der Waals surface area contributed by atoms with Crippen molar-refractivity contribution in [3.05, 3.63) is 22.8 Å². The number of hydrogen-bond donors (Lipinski definition) is 2. The average molecular weight is 309 g/mol. The van der Waals surface area contributed by atoms with E-state index in [4.69, 9.17) is 15.2 Å². The molecule has 5 heteroatoms. The lowest BCUT2D eigenvalue weighted by molar-refractivity contribution is -0.131. The number of rotatable bonds is 6. The van der Waals surface area contributed by atoms with Crippen molar-refractivity contribution in [2.45, 2.75) is 53.7 Å². The Balaban J connectivity index is 2.91. The maximum absolute atomic E-state index is 11.2. The van der Waals surface area contributed by atoms with E-state index in [0.717, 1.165) is 16.7 Å². The van der Waals surface area contributed by atoms with Crippen LogP contribution >= 0.6 is 0 Å². The fourth-order valence-corrected chi connectivity index (χ4v) is 2.20. The maximum atomic E-state index is 11.2. The van der Waals surface area contributed by atoms with Crippen LogP contribution in [0.1, 0.15) is 37.5 Å². The lowest BCUT2D eigenvalue weighted by Crippen LogP contribution is -2.42. The molecule has 2 atom stereocenters. The highest BCUT2D eigenvalue weighted by Gasteiger charge is 2.20. The summed E-state index contributed by atoms with van der Waals surface area (Å²) in [5, 5.41) is 10.0. The van der Waals surface area contributed by atoms with Gasteiger partial charge in [-0.05, 0) is 49.4 Å². The minimum absolute atomic E-state index is 0.131. The highest BCUT2D eigenvalue weighted by atomic mass is 16.5. The molecule has 2 unspecified atom stereocenters. The molecule has 0 aliphatic heterocycles. The first-order valence-electron chi connectivity index (χ1n) is 7.50. The van der Waals surface area contributed by atoms with Gasteiger partial charge in [0.25, 0.3) is 0 Å². The van der Waals surface area contributed by atoms with Crippen LogP contribution in [0.4, 0.5) is 0 Å². The second-order valence-corrected chi connectivity index (χ2v) is 6.06. The quantitative estimate of drug-likeness (QED) is 0.622. The summed E-state index contributed by atoms with van der Waals surface area (Å²) in [6, 6.07) is 1.48. The van der Waals surface area contributed by atoms with Gasteiger partial charge in [-0.15, -0.1) is 0 Å². The third-order valence-corrected chi connectivity index (χ3v) is 3.85. The lowest BCUT2D eigenvalue weighted by atomic mass is 10.00. The van der Waals surface area contributed by atoms with Gasteiger partial charge < -0.3 is 20.3 Å². The Morgan fingerprint density at radius 1 is 1.27 bits per heavy atom. The number of carbonyl (C=O) groups excluding carboxylic acids is 1. The highest BCUT2D eigenvalue weighted by molar-refractivity contribution is 5.71. The summed E-state index contributed by atoms with van der Waals surface area (Å²) in [4.78, 5) is 11.2. The number of aliphatic hydroxyl groups excluding tert-OH is 1. The van der Waals surface area contributed by atoms with Crippen molar-refractivity contribution in [2.24, 2.45) is 11.7 Å². The van der Waals surface area contributed by atoms with Gasteiger partial charge in [-0.1, -0.05) is 13.8 Å². The lowest BCUT2D eigenvalue weighted by Gasteiger charge is -2.23. The number of carbonyl (C=O) groups is 1. The van der Waals surface area contributed by atoms with Crippen molar-refractivity contribution in [1.29, 1.82) is 0 Å². The smallest absolute Gasteiger partial charge is 0.308 e. The third kappa shape index (κ3) is 4.45. The van der Waals surface area contributed by atoms with Crippen molar-refractivity contribution >= 4 is 5.97 Å². The monoisotopic (exact) mass is 309 g/mol. The van der Waals surface area contributed by atoms with Gasteiger partial charge in [0, 0.05) is 13.0 Å². The predicted octanol–water partition coefficient (Wildman–Crippen LogP) is 2.26. The molecule has 3 N–H and O–H groups in total.